The van der Waals surface area contributed by atoms with Gasteiger partial charge in [-0.1, -0.05) is 198 Å². The Hall–Kier alpha value is -8.36. The molecule has 5 heterocycles. The molecule has 0 fully saturated rings. The first-order valence-corrected chi connectivity index (χ1v) is 29.5. The third-order valence-corrected chi connectivity index (χ3v) is 16.8. The van der Waals surface area contributed by atoms with E-state index < -0.39 is 17.4 Å². The SMILES string of the molecule is CCOC(=O)CC1(CC(=O)OCC)c2nc3c1c(-c1ccccc1)c1cc(C(C)(C)C)ccc1c3c1nc(c(-c3ccc(C(C)(C)C)cc3)c3ccc([nH]3)c(-c3ccc(C(C)(C)C)cc3)c3ccc([nH]3)c2-c2ccc(C(C)(C)C)cc2)C=C1. The van der Waals surface area contributed by atoms with Gasteiger partial charge in [0.15, 0.2) is 0 Å². The Morgan fingerprint density at radius 1 is 0.434 bits per heavy atom. The van der Waals surface area contributed by atoms with Crippen molar-refractivity contribution in [1.82, 2.24) is 19.9 Å². The third-order valence-electron chi connectivity index (χ3n) is 16.8. The van der Waals surface area contributed by atoms with Gasteiger partial charge in [0.1, 0.15) is 0 Å². The van der Waals surface area contributed by atoms with Crippen LogP contribution in [0.4, 0.5) is 0 Å². The van der Waals surface area contributed by atoms with E-state index in [2.05, 4.69) is 233 Å². The van der Waals surface area contributed by atoms with Crippen LogP contribution >= 0.6 is 0 Å². The lowest BCUT2D eigenvalue weighted by molar-refractivity contribution is -0.147. The second-order valence-electron chi connectivity index (χ2n) is 26.8. The number of esters is 2. The van der Waals surface area contributed by atoms with Crippen molar-refractivity contribution in [3.63, 3.8) is 0 Å². The van der Waals surface area contributed by atoms with E-state index in [1.54, 1.807) is 0 Å². The predicted octanol–water partition coefficient (Wildman–Crippen LogP) is 18.8. The first kappa shape index (κ1) is 56.5. The zero-order valence-corrected chi connectivity index (χ0v) is 50.9. The first-order chi connectivity index (χ1) is 39.4. The number of fused-ring (bicyclic) bond motifs is 10. The summed E-state index contributed by atoms with van der Waals surface area (Å²) in [5.41, 5.74) is 17.0. The topological polar surface area (TPSA) is 110 Å². The largest absolute Gasteiger partial charge is 0.466 e. The summed E-state index contributed by atoms with van der Waals surface area (Å²) >= 11 is 0. The van der Waals surface area contributed by atoms with E-state index in [1.807, 2.05) is 32.0 Å². The summed E-state index contributed by atoms with van der Waals surface area (Å²) in [7, 11) is 0. The van der Waals surface area contributed by atoms with Gasteiger partial charge in [0.2, 0.25) is 0 Å². The van der Waals surface area contributed by atoms with Gasteiger partial charge in [0.25, 0.3) is 0 Å². The molecule has 8 bridgehead atoms. The van der Waals surface area contributed by atoms with E-state index in [4.69, 9.17) is 19.4 Å². The molecule has 0 aliphatic carbocycles. The number of aromatic amines is 2. The lowest BCUT2D eigenvalue weighted by Crippen LogP contribution is -2.34. The number of carbonyl (C=O) groups is 2. The average molecular weight is 1100 g/mol. The highest BCUT2D eigenvalue weighted by atomic mass is 16.5. The van der Waals surface area contributed by atoms with Gasteiger partial charge >= 0.3 is 11.9 Å². The van der Waals surface area contributed by atoms with Crippen molar-refractivity contribution in [1.29, 1.82) is 0 Å². The normalized spacial score (nSPS) is 13.5. The molecule has 0 saturated carbocycles. The Morgan fingerprint density at radius 2 is 0.843 bits per heavy atom. The van der Waals surface area contributed by atoms with E-state index in [9.17, 15) is 0 Å². The summed E-state index contributed by atoms with van der Waals surface area (Å²) in [6, 6.07) is 52.2. The second kappa shape index (κ2) is 21.1. The summed E-state index contributed by atoms with van der Waals surface area (Å²) in [6.45, 7) is 30.7. The molecular weight excluding hydrogens is 1020 g/mol. The van der Waals surface area contributed by atoms with Crippen LogP contribution < -0.4 is 0 Å². The van der Waals surface area contributed by atoms with Gasteiger partial charge in [-0.05, 0) is 139 Å². The molecule has 3 aromatic heterocycles. The van der Waals surface area contributed by atoms with Gasteiger partial charge in [0, 0.05) is 49.7 Å². The Bertz CT molecular complexity index is 4190. The summed E-state index contributed by atoms with van der Waals surface area (Å²) in [5, 5.41) is 2.71. The minimum atomic E-state index is -1.47. The number of carbonyl (C=O) groups excluding carboxylic acids is 2. The van der Waals surface area contributed by atoms with Crippen molar-refractivity contribution in [3.05, 3.63) is 190 Å². The number of rotatable bonds is 10. The van der Waals surface area contributed by atoms with Gasteiger partial charge in [0.05, 0.1) is 54.1 Å². The molecule has 0 radical (unpaired) electrons. The third kappa shape index (κ3) is 10.5. The van der Waals surface area contributed by atoms with Crippen LogP contribution in [0.5, 0.6) is 0 Å². The molecule has 0 spiro atoms. The van der Waals surface area contributed by atoms with Crippen molar-refractivity contribution in [3.8, 4) is 44.5 Å². The van der Waals surface area contributed by atoms with Crippen LogP contribution in [0.15, 0.2) is 146 Å². The van der Waals surface area contributed by atoms with Crippen LogP contribution in [0, 0.1) is 0 Å². The fourth-order valence-corrected chi connectivity index (χ4v) is 12.4. The average Bonchev–Trinajstić information content (AvgIpc) is 2.22. The maximum absolute atomic E-state index is 15.1. The highest BCUT2D eigenvalue weighted by Gasteiger charge is 2.50. The second-order valence-corrected chi connectivity index (χ2v) is 26.8. The van der Waals surface area contributed by atoms with Crippen LogP contribution in [0.3, 0.4) is 0 Å². The van der Waals surface area contributed by atoms with E-state index in [1.165, 1.54) is 11.1 Å². The summed E-state index contributed by atoms with van der Waals surface area (Å²) in [6.07, 6.45) is 3.82. The highest BCUT2D eigenvalue weighted by molar-refractivity contribution is 6.19. The molecule has 2 N–H and O–H groups in total. The van der Waals surface area contributed by atoms with Crippen molar-refractivity contribution in [2.24, 2.45) is 0 Å². The number of aromatic nitrogens is 4. The van der Waals surface area contributed by atoms with Crippen LogP contribution in [0.25, 0.3) is 100 Å². The molecule has 2 aliphatic heterocycles. The molecule has 83 heavy (non-hydrogen) atoms. The van der Waals surface area contributed by atoms with Crippen LogP contribution in [0.2, 0.25) is 0 Å². The van der Waals surface area contributed by atoms with Crippen molar-refractivity contribution in [2.75, 3.05) is 13.2 Å². The van der Waals surface area contributed by atoms with Gasteiger partial charge in [-0.3, -0.25) is 14.6 Å². The van der Waals surface area contributed by atoms with Gasteiger partial charge in [-0.2, -0.15) is 0 Å². The fourth-order valence-electron chi connectivity index (χ4n) is 12.4. The number of nitrogens with zero attached hydrogens (tertiary/aromatic N) is 2. The Labute approximate surface area is 489 Å². The molecular formula is C75H78N4O4. The van der Waals surface area contributed by atoms with Gasteiger partial charge in [-0.15, -0.1) is 0 Å². The Morgan fingerprint density at radius 3 is 1.31 bits per heavy atom. The Kier molecular flexibility index (Phi) is 14.4. The quantitative estimate of drug-likeness (QED) is 0.132. The number of H-pyrrole nitrogens is 2. The molecule has 2 aliphatic rings. The Balaban J connectivity index is 1.43. The number of nitrogens with one attached hydrogen (secondary N) is 2. The lowest BCUT2D eigenvalue weighted by atomic mass is 9.68. The summed E-state index contributed by atoms with van der Waals surface area (Å²) in [5.74, 6) is -0.909. The number of benzene rings is 6. The molecule has 8 heteroatoms. The van der Waals surface area contributed by atoms with Crippen molar-refractivity contribution < 1.29 is 19.1 Å². The van der Waals surface area contributed by atoms with Crippen LogP contribution in [-0.4, -0.2) is 45.1 Å². The number of ether oxygens (including phenoxy) is 2. The van der Waals surface area contributed by atoms with Gasteiger partial charge in [-0.25, -0.2) is 4.98 Å². The zero-order chi connectivity index (χ0) is 59.0. The maximum Gasteiger partial charge on any atom is 0.307 e. The van der Waals surface area contributed by atoms with E-state index in [0.717, 1.165) is 105 Å². The molecule has 6 aromatic carbocycles. The van der Waals surface area contributed by atoms with Crippen molar-refractivity contribution in [2.45, 2.75) is 137 Å². The van der Waals surface area contributed by atoms with Crippen LogP contribution in [-0.2, 0) is 46.1 Å². The number of hydrogen-bond donors (Lipinski definition) is 2. The predicted molar refractivity (Wildman–Crippen MR) is 345 cm³/mol. The zero-order valence-electron chi connectivity index (χ0n) is 50.9. The molecule has 9 aromatic rings. The fraction of sp³-hybridized carbons (Fsp3) is 0.307. The van der Waals surface area contributed by atoms with Crippen molar-refractivity contribution >= 4 is 67.8 Å². The van der Waals surface area contributed by atoms with E-state index in [0.29, 0.717) is 16.9 Å². The van der Waals surface area contributed by atoms with E-state index in [-0.39, 0.29) is 47.7 Å². The summed E-state index contributed by atoms with van der Waals surface area (Å²) < 4.78 is 12.1. The standard InChI is InChI=1S/C75H78N4O4/c1-15-82-61(80)43-75(44-62(81)83-16-2)68-63(45-20-18-17-19-21-45)54-42-52(74(12,13)14)34-35-53(54)67-60-41-39-58(78-60)65(47-24-30-50(31-25-47)72(6,7)8)56-37-36-55(76-56)64(46-22-28-49(29-23-46)71(3,4)5)57-38-40-59(77-57)66(70(75)79-69(67)68)48-26-32-51(33-27-48)73(9,10)11/h17-42,76-77H,15-16,43-44H2,1-14H3. The summed E-state index contributed by atoms with van der Waals surface area (Å²) in [4.78, 5) is 49.9. The molecule has 0 unspecified atom stereocenters. The molecule has 0 amide bonds. The molecule has 11 rings (SSSR count). The first-order valence-electron chi connectivity index (χ1n) is 29.5. The van der Waals surface area contributed by atoms with Gasteiger partial charge < -0.3 is 19.4 Å². The number of hydrogen-bond acceptors (Lipinski definition) is 6. The maximum atomic E-state index is 15.1. The molecule has 0 atom stereocenters. The van der Waals surface area contributed by atoms with E-state index >= 15 is 9.59 Å². The minimum Gasteiger partial charge on any atom is -0.466 e. The minimum absolute atomic E-state index is 0.0567. The molecule has 8 nitrogen and oxygen atoms in total. The smallest absolute Gasteiger partial charge is 0.307 e. The van der Waals surface area contributed by atoms with Crippen LogP contribution in [0.1, 0.15) is 155 Å². The molecule has 422 valence electrons. The molecule has 0 saturated heterocycles. The highest BCUT2D eigenvalue weighted by Crippen LogP contribution is 2.56. The monoisotopic (exact) mass is 1100 g/mol. The lowest BCUT2D eigenvalue weighted by Gasteiger charge is -2.33.